The van der Waals surface area contributed by atoms with Crippen molar-refractivity contribution >= 4 is 5.91 Å². The Kier molecular flexibility index (Phi) is 4.65. The van der Waals surface area contributed by atoms with Crippen LogP contribution in [0, 0.1) is 0 Å². The van der Waals surface area contributed by atoms with Crippen molar-refractivity contribution in [3.05, 3.63) is 36.2 Å². The first kappa shape index (κ1) is 14.0. The number of aromatic nitrogens is 4. The zero-order valence-electron chi connectivity index (χ0n) is 11.5. The average Bonchev–Trinajstić information content (AvgIpc) is 2.97. The van der Waals surface area contributed by atoms with Gasteiger partial charge in [-0.05, 0) is 22.9 Å². The Labute approximate surface area is 116 Å². The lowest BCUT2D eigenvalue weighted by Gasteiger charge is -2.19. The molecule has 0 aliphatic heterocycles. The van der Waals surface area contributed by atoms with E-state index in [2.05, 4.69) is 20.8 Å². The summed E-state index contributed by atoms with van der Waals surface area (Å²) < 4.78 is 6.71. The highest BCUT2D eigenvalue weighted by Crippen LogP contribution is 2.26. The number of rotatable bonds is 6. The van der Waals surface area contributed by atoms with Gasteiger partial charge >= 0.3 is 0 Å². The van der Waals surface area contributed by atoms with E-state index in [1.54, 1.807) is 7.11 Å². The van der Waals surface area contributed by atoms with E-state index < -0.39 is 0 Å². The largest absolute Gasteiger partial charge is 0.496 e. The summed E-state index contributed by atoms with van der Waals surface area (Å²) >= 11 is 0. The molecule has 2 rings (SSSR count). The Morgan fingerprint density at radius 1 is 1.45 bits per heavy atom. The molecule has 20 heavy (non-hydrogen) atoms. The Morgan fingerprint density at radius 2 is 2.25 bits per heavy atom. The van der Waals surface area contributed by atoms with Crippen LogP contribution >= 0.6 is 0 Å². The van der Waals surface area contributed by atoms with Crippen LogP contribution in [0.5, 0.6) is 5.75 Å². The molecule has 0 saturated heterocycles. The van der Waals surface area contributed by atoms with Crippen molar-refractivity contribution in [2.75, 3.05) is 7.11 Å². The zero-order valence-corrected chi connectivity index (χ0v) is 11.5. The van der Waals surface area contributed by atoms with Crippen LogP contribution in [-0.2, 0) is 11.3 Å². The monoisotopic (exact) mass is 275 g/mol. The smallest absolute Gasteiger partial charge is 0.242 e. The predicted molar refractivity (Wildman–Crippen MR) is 72.0 cm³/mol. The van der Waals surface area contributed by atoms with E-state index in [4.69, 9.17) is 4.74 Å². The molecule has 1 N–H and O–H groups in total. The third-order valence-electron chi connectivity index (χ3n) is 2.95. The molecule has 0 unspecified atom stereocenters. The summed E-state index contributed by atoms with van der Waals surface area (Å²) in [5.74, 6) is 0.622. The molecular weight excluding hydrogens is 258 g/mol. The maximum Gasteiger partial charge on any atom is 0.242 e. The summed E-state index contributed by atoms with van der Waals surface area (Å²) in [7, 11) is 1.62. The molecule has 0 fully saturated rings. The van der Waals surface area contributed by atoms with Gasteiger partial charge < -0.3 is 10.1 Å². The molecule has 1 heterocycles. The van der Waals surface area contributed by atoms with Gasteiger partial charge in [0.2, 0.25) is 5.91 Å². The highest BCUT2D eigenvalue weighted by atomic mass is 16.5. The fourth-order valence-electron chi connectivity index (χ4n) is 1.99. The number of carbonyl (C=O) groups is 1. The second kappa shape index (κ2) is 6.65. The van der Waals surface area contributed by atoms with Crippen molar-refractivity contribution in [1.82, 2.24) is 25.5 Å². The number of tetrazole rings is 1. The molecule has 2 aromatic rings. The summed E-state index contributed by atoms with van der Waals surface area (Å²) in [6.07, 6.45) is 2.17. The minimum Gasteiger partial charge on any atom is -0.496 e. The molecule has 0 bridgehead atoms. The number of methoxy groups -OCH3 is 1. The van der Waals surface area contributed by atoms with Gasteiger partial charge in [0.25, 0.3) is 0 Å². The topological polar surface area (TPSA) is 81.9 Å². The van der Waals surface area contributed by atoms with Crippen molar-refractivity contribution in [2.24, 2.45) is 0 Å². The molecule has 0 spiro atoms. The molecule has 7 nitrogen and oxygen atoms in total. The van der Waals surface area contributed by atoms with Gasteiger partial charge in [0.1, 0.15) is 18.6 Å². The van der Waals surface area contributed by atoms with Crippen LogP contribution in [0.15, 0.2) is 30.6 Å². The zero-order chi connectivity index (χ0) is 14.4. The molecule has 0 aliphatic carbocycles. The first-order valence-corrected chi connectivity index (χ1v) is 6.37. The quantitative estimate of drug-likeness (QED) is 0.848. The third-order valence-corrected chi connectivity index (χ3v) is 2.95. The lowest BCUT2D eigenvalue weighted by atomic mass is 10.0. The van der Waals surface area contributed by atoms with Gasteiger partial charge in [-0.25, -0.2) is 4.68 Å². The minimum absolute atomic E-state index is 0.0959. The second-order valence-corrected chi connectivity index (χ2v) is 4.28. The van der Waals surface area contributed by atoms with Crippen molar-refractivity contribution < 1.29 is 9.53 Å². The van der Waals surface area contributed by atoms with E-state index in [9.17, 15) is 4.79 Å². The van der Waals surface area contributed by atoms with Crippen LogP contribution in [0.2, 0.25) is 0 Å². The average molecular weight is 275 g/mol. The Bertz CT molecular complexity index is 556. The molecule has 1 amide bonds. The van der Waals surface area contributed by atoms with Crippen LogP contribution in [-0.4, -0.2) is 33.2 Å². The number of hydrogen-bond donors (Lipinski definition) is 1. The molecule has 0 saturated carbocycles. The number of nitrogens with one attached hydrogen (secondary N) is 1. The maximum absolute atomic E-state index is 12.0. The number of para-hydroxylation sites is 1. The molecular formula is C13H17N5O2. The third kappa shape index (κ3) is 3.31. The van der Waals surface area contributed by atoms with Gasteiger partial charge in [-0.2, -0.15) is 0 Å². The summed E-state index contributed by atoms with van der Waals surface area (Å²) in [6.45, 7) is 2.10. The SMILES string of the molecule is CC[C@H](NC(=O)Cn1cnnn1)c1ccccc1OC. The van der Waals surface area contributed by atoms with E-state index in [1.807, 2.05) is 31.2 Å². The molecule has 7 heteroatoms. The highest BCUT2D eigenvalue weighted by molar-refractivity contribution is 5.76. The van der Waals surface area contributed by atoms with Gasteiger partial charge in [0.15, 0.2) is 0 Å². The van der Waals surface area contributed by atoms with Gasteiger partial charge in [-0.3, -0.25) is 4.79 Å². The van der Waals surface area contributed by atoms with E-state index in [0.717, 1.165) is 17.7 Å². The molecule has 1 aromatic carbocycles. The first-order chi connectivity index (χ1) is 9.74. The molecule has 0 radical (unpaired) electrons. The summed E-state index contributed by atoms with van der Waals surface area (Å²) in [5.41, 5.74) is 0.961. The first-order valence-electron chi connectivity index (χ1n) is 6.37. The van der Waals surface area contributed by atoms with E-state index in [1.165, 1.54) is 11.0 Å². The number of nitrogens with zero attached hydrogens (tertiary/aromatic N) is 4. The lowest BCUT2D eigenvalue weighted by molar-refractivity contribution is -0.122. The fraction of sp³-hybridized carbons (Fsp3) is 0.385. The number of hydrogen-bond acceptors (Lipinski definition) is 5. The summed E-state index contributed by atoms with van der Waals surface area (Å²) in [4.78, 5) is 12.0. The number of carbonyl (C=O) groups excluding carboxylic acids is 1. The number of benzene rings is 1. The molecule has 1 atom stereocenters. The van der Waals surface area contributed by atoms with Crippen LogP contribution < -0.4 is 10.1 Å². The van der Waals surface area contributed by atoms with Crippen molar-refractivity contribution in [3.8, 4) is 5.75 Å². The van der Waals surface area contributed by atoms with Crippen LogP contribution in [0.4, 0.5) is 0 Å². The second-order valence-electron chi connectivity index (χ2n) is 4.28. The normalized spacial score (nSPS) is 11.9. The van der Waals surface area contributed by atoms with Gasteiger partial charge in [0.05, 0.1) is 13.2 Å². The molecule has 0 aliphatic rings. The number of ether oxygens (including phenoxy) is 1. The lowest BCUT2D eigenvalue weighted by Crippen LogP contribution is -2.31. The minimum atomic E-state index is -0.143. The van der Waals surface area contributed by atoms with E-state index >= 15 is 0 Å². The molecule has 106 valence electrons. The standard InChI is InChI=1S/C13H17N5O2/c1-3-11(10-6-4-5-7-12(10)20-2)15-13(19)8-18-9-14-16-17-18/h4-7,9,11H,3,8H2,1-2H3,(H,15,19)/t11-/m0/s1. The van der Waals surface area contributed by atoms with Crippen molar-refractivity contribution in [2.45, 2.75) is 25.9 Å². The highest BCUT2D eigenvalue weighted by Gasteiger charge is 2.16. The molecule has 1 aromatic heterocycles. The van der Waals surface area contributed by atoms with Crippen molar-refractivity contribution in [1.29, 1.82) is 0 Å². The predicted octanol–water partition coefficient (Wildman–Crippen LogP) is 0.949. The van der Waals surface area contributed by atoms with E-state index in [0.29, 0.717) is 0 Å². The van der Waals surface area contributed by atoms with Gasteiger partial charge in [0, 0.05) is 5.56 Å². The van der Waals surface area contributed by atoms with Gasteiger partial charge in [-0.1, -0.05) is 25.1 Å². The van der Waals surface area contributed by atoms with Crippen LogP contribution in [0.1, 0.15) is 24.9 Å². The Morgan fingerprint density at radius 3 is 2.90 bits per heavy atom. The van der Waals surface area contributed by atoms with E-state index in [-0.39, 0.29) is 18.5 Å². The number of amides is 1. The Balaban J connectivity index is 2.06. The maximum atomic E-state index is 12.0. The van der Waals surface area contributed by atoms with Gasteiger partial charge in [-0.15, -0.1) is 5.10 Å². The summed E-state index contributed by atoms with van der Waals surface area (Å²) in [5, 5.41) is 13.6. The van der Waals surface area contributed by atoms with Crippen molar-refractivity contribution in [3.63, 3.8) is 0 Å². The Hall–Kier alpha value is -2.44. The van der Waals surface area contributed by atoms with Crippen LogP contribution in [0.25, 0.3) is 0 Å². The summed E-state index contributed by atoms with van der Waals surface area (Å²) in [6, 6.07) is 7.55. The fourth-order valence-corrected chi connectivity index (χ4v) is 1.99. The van der Waals surface area contributed by atoms with Crippen LogP contribution in [0.3, 0.4) is 0 Å².